The molecular formula is C22H24N4O6S. The molecule has 0 bridgehead atoms. The zero-order chi connectivity index (χ0) is 22.8. The van der Waals surface area contributed by atoms with Crippen LogP contribution in [0.15, 0.2) is 30.5 Å². The van der Waals surface area contributed by atoms with E-state index in [4.69, 9.17) is 18.9 Å². The van der Waals surface area contributed by atoms with Gasteiger partial charge in [0.15, 0.2) is 11.2 Å². The number of aliphatic hydroxyl groups is 1. The maximum absolute atomic E-state index is 12.9. The van der Waals surface area contributed by atoms with Crippen LogP contribution in [0.1, 0.15) is 6.92 Å². The number of benzene rings is 1. The first-order chi connectivity index (χ1) is 16.1. The van der Waals surface area contributed by atoms with Gasteiger partial charge in [0.1, 0.15) is 18.5 Å². The van der Waals surface area contributed by atoms with Crippen molar-refractivity contribution in [3.8, 4) is 17.0 Å². The van der Waals surface area contributed by atoms with Crippen molar-refractivity contribution < 1.29 is 28.8 Å². The predicted molar refractivity (Wildman–Crippen MR) is 123 cm³/mol. The summed E-state index contributed by atoms with van der Waals surface area (Å²) in [6.07, 6.45) is 0.0966. The van der Waals surface area contributed by atoms with Gasteiger partial charge in [0.05, 0.1) is 43.2 Å². The molecule has 174 valence electrons. The van der Waals surface area contributed by atoms with Crippen LogP contribution in [0.25, 0.3) is 21.3 Å². The number of fused-ring (bicyclic) bond motifs is 2. The molecule has 0 radical (unpaired) electrons. The molecule has 33 heavy (non-hydrogen) atoms. The summed E-state index contributed by atoms with van der Waals surface area (Å²) in [5.41, 5.74) is 3.15. The average Bonchev–Trinajstić information content (AvgIpc) is 3.02. The van der Waals surface area contributed by atoms with Gasteiger partial charge >= 0.3 is 6.09 Å². The van der Waals surface area contributed by atoms with Crippen LogP contribution in [0.5, 0.6) is 5.88 Å². The van der Waals surface area contributed by atoms with Crippen LogP contribution < -0.4 is 15.0 Å². The highest BCUT2D eigenvalue weighted by atomic mass is 32.1. The third kappa shape index (κ3) is 4.86. The maximum atomic E-state index is 12.9. The van der Waals surface area contributed by atoms with E-state index in [0.29, 0.717) is 56.3 Å². The van der Waals surface area contributed by atoms with Gasteiger partial charge in [0, 0.05) is 11.8 Å². The molecule has 1 amide bonds. The standard InChI is InChI=1S/C22H24N4O6S/c1-13(27)24-21-25-17-3-2-14(9-19(17)33-21)15-8-18-20(23-10-15)31-5-4-26(18)22(28)32-16-11-29-6-7-30-12-16/h2-3,8-10,13,16,27H,4-7,11-12H2,1H3,(H,24,25). The second-order valence-corrected chi connectivity index (χ2v) is 8.76. The zero-order valence-corrected chi connectivity index (χ0v) is 18.8. The summed E-state index contributed by atoms with van der Waals surface area (Å²) in [4.78, 5) is 23.4. The van der Waals surface area contributed by atoms with Crippen molar-refractivity contribution in [1.29, 1.82) is 0 Å². The summed E-state index contributed by atoms with van der Waals surface area (Å²) in [5, 5.41) is 13.1. The zero-order valence-electron chi connectivity index (χ0n) is 18.0. The van der Waals surface area contributed by atoms with Crippen molar-refractivity contribution in [3.63, 3.8) is 0 Å². The number of nitrogens with one attached hydrogen (secondary N) is 1. The number of pyridine rings is 1. The van der Waals surface area contributed by atoms with E-state index in [9.17, 15) is 9.90 Å². The molecule has 5 rings (SSSR count). The van der Waals surface area contributed by atoms with E-state index in [-0.39, 0.29) is 0 Å². The smallest absolute Gasteiger partial charge is 0.415 e. The summed E-state index contributed by atoms with van der Waals surface area (Å²) in [6, 6.07) is 7.75. The number of carbonyl (C=O) groups excluding carboxylic acids is 1. The van der Waals surface area contributed by atoms with Crippen LogP contribution in [0.4, 0.5) is 15.6 Å². The SMILES string of the molecule is CC(O)Nc1nc2ccc(-c3cnc4c(c3)N(C(=O)OC3COCCOC3)CCO4)cc2s1. The highest BCUT2D eigenvalue weighted by molar-refractivity contribution is 7.22. The van der Waals surface area contributed by atoms with Crippen LogP contribution in [-0.2, 0) is 14.2 Å². The Morgan fingerprint density at radius 1 is 1.24 bits per heavy atom. The maximum Gasteiger partial charge on any atom is 0.415 e. The molecule has 2 aromatic heterocycles. The number of rotatable bonds is 4. The number of hydrogen-bond acceptors (Lipinski definition) is 10. The van der Waals surface area contributed by atoms with Gasteiger partial charge in [-0.1, -0.05) is 17.4 Å². The van der Waals surface area contributed by atoms with Crippen molar-refractivity contribution in [3.05, 3.63) is 30.5 Å². The molecule has 4 heterocycles. The highest BCUT2D eigenvalue weighted by Crippen LogP contribution is 2.36. The first-order valence-corrected chi connectivity index (χ1v) is 11.5. The van der Waals surface area contributed by atoms with Crippen LogP contribution in [0.2, 0.25) is 0 Å². The summed E-state index contributed by atoms with van der Waals surface area (Å²) in [5.74, 6) is 0.387. The first kappa shape index (κ1) is 21.8. The lowest BCUT2D eigenvalue weighted by Crippen LogP contribution is -2.41. The Morgan fingerprint density at radius 3 is 2.85 bits per heavy atom. The van der Waals surface area contributed by atoms with E-state index in [0.717, 1.165) is 21.3 Å². The van der Waals surface area contributed by atoms with Crippen molar-refractivity contribution in [2.45, 2.75) is 19.3 Å². The lowest BCUT2D eigenvalue weighted by Gasteiger charge is -2.29. The van der Waals surface area contributed by atoms with Gasteiger partial charge in [-0.2, -0.15) is 0 Å². The number of aromatic nitrogens is 2. The Bertz CT molecular complexity index is 1150. The number of ether oxygens (including phenoxy) is 4. The number of amides is 1. The van der Waals surface area contributed by atoms with E-state index < -0.39 is 18.4 Å². The van der Waals surface area contributed by atoms with Gasteiger partial charge in [0.2, 0.25) is 5.88 Å². The first-order valence-electron chi connectivity index (χ1n) is 10.7. The molecule has 11 heteroatoms. The Morgan fingerprint density at radius 2 is 2.06 bits per heavy atom. The topological polar surface area (TPSA) is 115 Å². The van der Waals surface area contributed by atoms with Crippen LogP contribution in [0.3, 0.4) is 0 Å². The van der Waals surface area contributed by atoms with Gasteiger partial charge in [-0.15, -0.1) is 0 Å². The summed E-state index contributed by atoms with van der Waals surface area (Å²) < 4.78 is 23.1. The number of carbonyl (C=O) groups is 1. The van der Waals surface area contributed by atoms with E-state index in [1.165, 1.54) is 16.2 Å². The third-order valence-electron chi connectivity index (χ3n) is 5.20. The highest BCUT2D eigenvalue weighted by Gasteiger charge is 2.29. The summed E-state index contributed by atoms with van der Waals surface area (Å²) >= 11 is 1.45. The third-order valence-corrected chi connectivity index (χ3v) is 6.15. The van der Waals surface area contributed by atoms with Crippen LogP contribution in [0, 0.1) is 0 Å². The quantitative estimate of drug-likeness (QED) is 0.553. The van der Waals surface area contributed by atoms with Gasteiger partial charge in [0.25, 0.3) is 0 Å². The molecule has 1 saturated heterocycles. The van der Waals surface area contributed by atoms with Crippen molar-refractivity contribution >= 4 is 38.5 Å². The molecule has 0 spiro atoms. The molecule has 3 aromatic rings. The predicted octanol–water partition coefficient (Wildman–Crippen LogP) is 2.86. The average molecular weight is 473 g/mol. The number of anilines is 2. The summed E-state index contributed by atoms with van der Waals surface area (Å²) in [6.45, 7) is 3.92. The Kier molecular flexibility index (Phi) is 6.27. The molecule has 1 fully saturated rings. The van der Waals surface area contributed by atoms with Gasteiger partial charge < -0.3 is 29.4 Å². The minimum Gasteiger partial charge on any atom is -0.474 e. The monoisotopic (exact) mass is 472 g/mol. The lowest BCUT2D eigenvalue weighted by molar-refractivity contribution is 0.0235. The van der Waals surface area contributed by atoms with Gasteiger partial charge in [-0.3, -0.25) is 4.90 Å². The molecule has 1 atom stereocenters. The van der Waals surface area contributed by atoms with Crippen molar-refractivity contribution in [1.82, 2.24) is 9.97 Å². The molecule has 2 aliphatic heterocycles. The normalized spacial score (nSPS) is 17.7. The fourth-order valence-electron chi connectivity index (χ4n) is 3.66. The van der Waals surface area contributed by atoms with Crippen LogP contribution in [-0.4, -0.2) is 73.1 Å². The van der Waals surface area contributed by atoms with E-state index in [1.807, 2.05) is 24.3 Å². The number of aliphatic hydroxyl groups excluding tert-OH is 1. The molecule has 1 aromatic carbocycles. The minimum atomic E-state index is -0.684. The molecular weight excluding hydrogens is 448 g/mol. The molecule has 0 aliphatic carbocycles. The fraction of sp³-hybridized carbons (Fsp3) is 0.409. The van der Waals surface area contributed by atoms with Crippen molar-refractivity contribution in [2.24, 2.45) is 0 Å². The van der Waals surface area contributed by atoms with E-state index in [1.54, 1.807) is 13.1 Å². The van der Waals surface area contributed by atoms with E-state index >= 15 is 0 Å². The minimum absolute atomic E-state index is 0.308. The second-order valence-electron chi connectivity index (χ2n) is 7.73. The second kappa shape index (κ2) is 9.48. The molecule has 0 saturated carbocycles. The molecule has 2 N–H and O–H groups in total. The molecule has 1 unspecified atom stereocenters. The Hall–Kier alpha value is -2.99. The van der Waals surface area contributed by atoms with Crippen molar-refractivity contribution in [2.75, 3.05) is 49.8 Å². The van der Waals surface area contributed by atoms with Gasteiger partial charge in [-0.25, -0.2) is 14.8 Å². The van der Waals surface area contributed by atoms with Gasteiger partial charge in [-0.05, 0) is 30.7 Å². The largest absolute Gasteiger partial charge is 0.474 e. The Balaban J connectivity index is 1.40. The summed E-state index contributed by atoms with van der Waals surface area (Å²) in [7, 11) is 0. The fourth-order valence-corrected chi connectivity index (χ4v) is 4.65. The molecule has 2 aliphatic rings. The van der Waals surface area contributed by atoms with E-state index in [2.05, 4.69) is 15.3 Å². The van der Waals surface area contributed by atoms with Crippen LogP contribution >= 0.6 is 11.3 Å². The number of hydrogen-bond donors (Lipinski definition) is 2. The number of nitrogens with zero attached hydrogens (tertiary/aromatic N) is 3. The number of thiazole rings is 1. The molecule has 10 nitrogen and oxygen atoms in total. The lowest BCUT2D eigenvalue weighted by atomic mass is 10.1. The Labute approximate surface area is 194 Å².